The molecule has 0 radical (unpaired) electrons. The van der Waals surface area contributed by atoms with Gasteiger partial charge in [0.25, 0.3) is 0 Å². The number of rotatable bonds is 6. The van der Waals surface area contributed by atoms with Crippen LogP contribution in [0.4, 0.5) is 0 Å². The van der Waals surface area contributed by atoms with Crippen molar-refractivity contribution in [1.29, 1.82) is 0 Å². The van der Waals surface area contributed by atoms with E-state index in [0.29, 0.717) is 0 Å². The first kappa shape index (κ1) is 38.2. The van der Waals surface area contributed by atoms with Crippen LogP contribution in [0.15, 0.2) is 237 Å². The van der Waals surface area contributed by atoms with Crippen LogP contribution in [0.3, 0.4) is 0 Å². The summed E-state index contributed by atoms with van der Waals surface area (Å²) >= 11 is 0. The van der Waals surface area contributed by atoms with Crippen molar-refractivity contribution in [2.75, 3.05) is 0 Å². The van der Waals surface area contributed by atoms with Gasteiger partial charge in [0.2, 0.25) is 0 Å². The summed E-state index contributed by atoms with van der Waals surface area (Å²) in [6.45, 7) is 2.16. The molecule has 15 aromatic rings. The monoisotopic (exact) mass is 874 g/mol. The van der Waals surface area contributed by atoms with Crippen LogP contribution in [0.1, 0.15) is 5.56 Å². The van der Waals surface area contributed by atoms with Gasteiger partial charge in [-0.25, -0.2) is 0 Å². The molecule has 320 valence electrons. The molecule has 0 aliphatic rings. The molecule has 0 aliphatic carbocycles. The number of nitrogens with zero attached hydrogens (tertiary/aromatic N) is 2. The molecule has 0 atom stereocenters. The van der Waals surface area contributed by atoms with Gasteiger partial charge in [0, 0.05) is 32.9 Å². The minimum atomic E-state index is 1.16. The molecule has 2 heterocycles. The maximum absolute atomic E-state index is 2.46. The van der Waals surface area contributed by atoms with Gasteiger partial charge in [-0.05, 0) is 173 Å². The van der Waals surface area contributed by atoms with Gasteiger partial charge in [0.15, 0.2) is 0 Å². The number of fused-ring (bicyclic) bond motifs is 2. The lowest BCUT2D eigenvalue weighted by molar-refractivity contribution is 1.18. The van der Waals surface area contributed by atoms with E-state index >= 15 is 0 Å². The van der Waals surface area contributed by atoms with Crippen molar-refractivity contribution < 1.29 is 0 Å². The fourth-order valence-electron chi connectivity index (χ4n) is 12.0. The maximum Gasteiger partial charge on any atom is 0.0553 e. The molecule has 0 N–H and O–H groups in total. The normalized spacial score (nSPS) is 12.1. The number of hydrogen-bond donors (Lipinski definition) is 0. The molecule has 69 heavy (non-hydrogen) atoms. The third-order valence-electron chi connectivity index (χ3n) is 15.0. The highest BCUT2D eigenvalue weighted by molar-refractivity contribution is 6.27. The van der Waals surface area contributed by atoms with Gasteiger partial charge in [-0.1, -0.05) is 163 Å². The Kier molecular flexibility index (Phi) is 8.02. The van der Waals surface area contributed by atoms with E-state index in [1.165, 1.54) is 137 Å². The third-order valence-corrected chi connectivity index (χ3v) is 15.0. The Labute approximate surface area is 398 Å². The molecule has 0 unspecified atom stereocenters. The lowest BCUT2D eigenvalue weighted by Crippen LogP contribution is -1.95. The van der Waals surface area contributed by atoms with Crippen LogP contribution in [0.25, 0.3) is 143 Å². The second kappa shape index (κ2) is 14.5. The molecule has 0 bridgehead atoms. The first-order chi connectivity index (χ1) is 34.1. The van der Waals surface area contributed by atoms with E-state index in [1.54, 1.807) is 0 Å². The molecule has 2 aromatic heterocycles. The third kappa shape index (κ3) is 5.61. The van der Waals surface area contributed by atoms with Gasteiger partial charge < -0.3 is 9.13 Å². The number of aromatic nitrogens is 2. The lowest BCUT2D eigenvalue weighted by atomic mass is 9.84. The molecular weight excluding hydrogens is 833 g/mol. The summed E-state index contributed by atoms with van der Waals surface area (Å²) in [5, 5.41) is 15.2. The van der Waals surface area contributed by atoms with Gasteiger partial charge >= 0.3 is 0 Å². The summed E-state index contributed by atoms with van der Waals surface area (Å²) in [6.07, 6.45) is 0. The highest BCUT2D eigenvalue weighted by atomic mass is 15.0. The Morgan fingerprint density at radius 1 is 0.246 bits per heavy atom. The molecule has 15 rings (SSSR count). The first-order valence-electron chi connectivity index (χ1n) is 24.0. The van der Waals surface area contributed by atoms with Crippen LogP contribution in [0.2, 0.25) is 0 Å². The molecular formula is C67H42N2. The fraction of sp³-hybridized carbons (Fsp3) is 0.0149. The molecule has 0 saturated carbocycles. The fourth-order valence-corrected chi connectivity index (χ4v) is 12.0. The molecule has 0 saturated heterocycles. The van der Waals surface area contributed by atoms with Gasteiger partial charge in [0.1, 0.15) is 0 Å². The summed E-state index contributed by atoms with van der Waals surface area (Å²) in [5.41, 5.74) is 18.1. The highest BCUT2D eigenvalue weighted by Crippen LogP contribution is 2.48. The Bertz CT molecular complexity index is 4250. The van der Waals surface area contributed by atoms with Gasteiger partial charge in [0.05, 0.1) is 22.1 Å². The van der Waals surface area contributed by atoms with Crippen LogP contribution >= 0.6 is 0 Å². The standard InChI is InChI=1S/C67H42N2/c1-41-26-28-44(29-27-41)62-54-20-8-10-22-56(54)63(57-23-11-9-21-55(57)62)51-37-47(49-34-45-32-30-42-14-12-24-58-64(42)66(45)60(39-49)68(58)52-16-4-2-5-17-52)36-48(38-51)50-35-46-33-31-43-15-13-25-59-65(43)67(46)61(40-50)69(59)53-18-6-3-7-19-53/h2-40H,1H3. The van der Waals surface area contributed by atoms with Crippen molar-refractivity contribution in [3.63, 3.8) is 0 Å². The lowest BCUT2D eigenvalue weighted by Gasteiger charge is -2.19. The number of para-hydroxylation sites is 2. The average Bonchev–Trinajstić information content (AvgIpc) is 3.93. The minimum absolute atomic E-state index is 1.16. The van der Waals surface area contributed by atoms with E-state index in [4.69, 9.17) is 0 Å². The molecule has 0 fully saturated rings. The molecule has 2 heteroatoms. The summed E-state index contributed by atoms with van der Waals surface area (Å²) < 4.78 is 4.93. The summed E-state index contributed by atoms with van der Waals surface area (Å²) in [6, 6.07) is 88.6. The molecule has 0 aliphatic heterocycles. The first-order valence-corrected chi connectivity index (χ1v) is 24.0. The average molecular weight is 875 g/mol. The van der Waals surface area contributed by atoms with Crippen LogP contribution in [0, 0.1) is 6.92 Å². The Morgan fingerprint density at radius 3 is 1.09 bits per heavy atom. The van der Waals surface area contributed by atoms with Crippen LogP contribution in [-0.2, 0) is 0 Å². The molecule has 2 nitrogen and oxygen atoms in total. The zero-order valence-corrected chi connectivity index (χ0v) is 37.9. The quantitative estimate of drug-likeness (QED) is 0.116. The molecule has 13 aromatic carbocycles. The predicted octanol–water partition coefficient (Wildman–Crippen LogP) is 18.3. The topological polar surface area (TPSA) is 9.86 Å². The summed E-state index contributed by atoms with van der Waals surface area (Å²) in [7, 11) is 0. The van der Waals surface area contributed by atoms with Gasteiger partial charge in [-0.2, -0.15) is 0 Å². The van der Waals surface area contributed by atoms with Crippen molar-refractivity contribution in [3.8, 4) is 55.9 Å². The second-order valence-corrected chi connectivity index (χ2v) is 18.9. The zero-order valence-electron chi connectivity index (χ0n) is 37.9. The van der Waals surface area contributed by atoms with E-state index in [9.17, 15) is 0 Å². The van der Waals surface area contributed by atoms with E-state index in [0.717, 1.165) is 11.4 Å². The van der Waals surface area contributed by atoms with Crippen LogP contribution in [0.5, 0.6) is 0 Å². The Morgan fingerprint density at radius 2 is 0.623 bits per heavy atom. The number of aryl methyl sites for hydroxylation is 1. The van der Waals surface area contributed by atoms with Gasteiger partial charge in [-0.15, -0.1) is 0 Å². The van der Waals surface area contributed by atoms with E-state index < -0.39 is 0 Å². The Hall–Kier alpha value is -8.98. The second-order valence-electron chi connectivity index (χ2n) is 18.9. The van der Waals surface area contributed by atoms with Crippen LogP contribution < -0.4 is 0 Å². The van der Waals surface area contributed by atoms with Crippen molar-refractivity contribution in [3.05, 3.63) is 242 Å². The summed E-state index contributed by atoms with van der Waals surface area (Å²) in [5.74, 6) is 0. The predicted molar refractivity (Wildman–Crippen MR) is 294 cm³/mol. The van der Waals surface area contributed by atoms with Gasteiger partial charge in [-0.3, -0.25) is 0 Å². The molecule has 0 spiro atoms. The zero-order chi connectivity index (χ0) is 45.3. The van der Waals surface area contributed by atoms with E-state index in [1.807, 2.05) is 0 Å². The SMILES string of the molecule is Cc1ccc(-c2c3ccccc3c(-c3cc(-c4cc5ccc6cccc7c6c5c(c4)n7-c4ccccc4)cc(-c4cc5ccc6cccc7c6c5c(c4)n7-c4ccccc4)c3)c3ccccc23)cc1. The molecule has 0 amide bonds. The Balaban J connectivity index is 1.06. The van der Waals surface area contributed by atoms with Crippen molar-refractivity contribution in [2.45, 2.75) is 6.92 Å². The minimum Gasteiger partial charge on any atom is -0.309 e. The largest absolute Gasteiger partial charge is 0.309 e. The highest BCUT2D eigenvalue weighted by Gasteiger charge is 2.23. The summed E-state index contributed by atoms with van der Waals surface area (Å²) in [4.78, 5) is 0. The van der Waals surface area contributed by atoms with E-state index in [-0.39, 0.29) is 0 Å². The number of benzene rings is 13. The maximum atomic E-state index is 2.46. The van der Waals surface area contributed by atoms with Crippen LogP contribution in [-0.4, -0.2) is 9.13 Å². The van der Waals surface area contributed by atoms with Crippen molar-refractivity contribution >= 4 is 86.7 Å². The van der Waals surface area contributed by atoms with E-state index in [2.05, 4.69) is 253 Å². The van der Waals surface area contributed by atoms with Crippen molar-refractivity contribution in [1.82, 2.24) is 9.13 Å². The number of hydrogen-bond acceptors (Lipinski definition) is 0. The smallest absolute Gasteiger partial charge is 0.0553 e. The van der Waals surface area contributed by atoms with Crippen molar-refractivity contribution in [2.24, 2.45) is 0 Å².